The minimum absolute atomic E-state index is 0.0256. The monoisotopic (exact) mass is 660 g/mol. The van der Waals surface area contributed by atoms with Crippen LogP contribution in [0.3, 0.4) is 0 Å². The van der Waals surface area contributed by atoms with E-state index in [4.69, 9.17) is 38.4 Å². The number of carbonyl (C=O) groups is 2. The van der Waals surface area contributed by atoms with Crippen molar-refractivity contribution in [3.8, 4) is 5.75 Å². The maximum Gasteiger partial charge on any atom is 0.337 e. The van der Waals surface area contributed by atoms with E-state index in [2.05, 4.69) is 15.5 Å². The molecule has 236 valence electrons. The van der Waals surface area contributed by atoms with E-state index < -0.39 is 29.3 Å². The van der Waals surface area contributed by atoms with Crippen LogP contribution in [-0.2, 0) is 21.6 Å². The number of methoxy groups -OCH3 is 2. The zero-order chi connectivity index (χ0) is 32.3. The van der Waals surface area contributed by atoms with Gasteiger partial charge in [-0.2, -0.15) is 0 Å². The number of nitrogen functional groups attached to an aromatic ring is 1. The van der Waals surface area contributed by atoms with Gasteiger partial charge in [0.25, 0.3) is 0 Å². The number of carbonyl (C=O) groups excluding carboxylic acids is 2. The van der Waals surface area contributed by atoms with Gasteiger partial charge >= 0.3 is 5.97 Å². The van der Waals surface area contributed by atoms with Crippen molar-refractivity contribution in [3.05, 3.63) is 123 Å². The molecule has 0 saturated carbocycles. The van der Waals surface area contributed by atoms with E-state index in [1.54, 1.807) is 43.5 Å². The minimum Gasteiger partial charge on any atom is -0.497 e. The lowest BCUT2D eigenvalue weighted by Crippen LogP contribution is -2.52. The molecule has 2 saturated heterocycles. The fourth-order valence-corrected chi connectivity index (χ4v) is 8.12. The van der Waals surface area contributed by atoms with Crippen LogP contribution >= 0.6 is 23.2 Å². The Kier molecular flexibility index (Phi) is 7.68. The summed E-state index contributed by atoms with van der Waals surface area (Å²) >= 11 is 12.8. The van der Waals surface area contributed by atoms with Gasteiger partial charge in [0.05, 0.1) is 24.8 Å². The standard InChI is InChI=1S/C35H31Cl2FN4O4/c1-45-21-6-3-5-18(13-21)17-42-29-16-27(22-11-9-19(14-26(22)39)33(43)46-2)40-32(29)30(23-7-4-8-25(37)31(23)38)35(42)24-12-10-20(36)15-28(24)41-34(35)44/h3-15,27,29-30,32,40H,16-17,39H2,1-2H3,(H,41,44)/t27?,29-,30-,32+,35+/m0/s1. The molecule has 0 aromatic heterocycles. The second-order valence-corrected chi connectivity index (χ2v) is 12.7. The Morgan fingerprint density at radius 3 is 2.61 bits per heavy atom. The van der Waals surface area contributed by atoms with Crippen LogP contribution < -0.4 is 21.1 Å². The zero-order valence-electron chi connectivity index (χ0n) is 25.0. The van der Waals surface area contributed by atoms with Crippen LogP contribution in [0.1, 0.15) is 51.0 Å². The summed E-state index contributed by atoms with van der Waals surface area (Å²) in [7, 11) is 2.93. The third-order valence-corrected chi connectivity index (χ3v) is 10.1. The molecule has 3 heterocycles. The summed E-state index contributed by atoms with van der Waals surface area (Å²) in [5, 5.41) is 7.26. The van der Waals surface area contributed by atoms with Crippen molar-refractivity contribution in [2.75, 3.05) is 25.3 Å². The molecule has 11 heteroatoms. The largest absolute Gasteiger partial charge is 0.497 e. The number of amides is 1. The molecule has 3 aliphatic rings. The zero-order valence-corrected chi connectivity index (χ0v) is 26.5. The number of nitrogens with zero attached hydrogens (tertiary/aromatic N) is 1. The third-order valence-electron chi connectivity index (χ3n) is 9.62. The van der Waals surface area contributed by atoms with Gasteiger partial charge in [-0.15, -0.1) is 0 Å². The van der Waals surface area contributed by atoms with Gasteiger partial charge in [0.15, 0.2) is 0 Å². The topological polar surface area (TPSA) is 106 Å². The number of esters is 1. The number of likely N-dealkylation sites (tertiary alicyclic amines) is 1. The van der Waals surface area contributed by atoms with Crippen LogP contribution in [0.25, 0.3) is 0 Å². The molecule has 4 N–H and O–H groups in total. The van der Waals surface area contributed by atoms with E-state index in [9.17, 15) is 9.59 Å². The molecule has 3 aliphatic heterocycles. The molecule has 5 atom stereocenters. The van der Waals surface area contributed by atoms with E-state index in [0.29, 0.717) is 51.8 Å². The number of anilines is 2. The highest BCUT2D eigenvalue weighted by atomic mass is 35.5. The third kappa shape index (κ3) is 4.64. The van der Waals surface area contributed by atoms with Gasteiger partial charge in [-0.3, -0.25) is 9.69 Å². The quantitative estimate of drug-likeness (QED) is 0.162. The van der Waals surface area contributed by atoms with E-state index in [-0.39, 0.29) is 23.0 Å². The second kappa shape index (κ2) is 11.6. The summed E-state index contributed by atoms with van der Waals surface area (Å²) in [5.74, 6) is -1.35. The minimum atomic E-state index is -1.32. The summed E-state index contributed by atoms with van der Waals surface area (Å²) < 4.78 is 26.6. The Bertz CT molecular complexity index is 1890. The number of benzene rings is 4. The van der Waals surface area contributed by atoms with Gasteiger partial charge in [-0.05, 0) is 65.6 Å². The molecule has 0 bridgehead atoms. The Balaban J connectivity index is 1.42. The van der Waals surface area contributed by atoms with Gasteiger partial charge in [0.1, 0.15) is 17.1 Å². The smallest absolute Gasteiger partial charge is 0.337 e. The summed E-state index contributed by atoms with van der Waals surface area (Å²) in [6.07, 6.45) is 0.549. The average Bonchev–Trinajstić information content (AvgIpc) is 3.67. The van der Waals surface area contributed by atoms with E-state index in [1.807, 2.05) is 36.4 Å². The first kappa shape index (κ1) is 30.5. The number of hydrogen-bond donors (Lipinski definition) is 3. The molecular formula is C35H31Cl2FN4O4. The van der Waals surface area contributed by atoms with Crippen molar-refractivity contribution in [1.82, 2.24) is 10.2 Å². The predicted molar refractivity (Wildman–Crippen MR) is 175 cm³/mol. The molecular weight excluding hydrogens is 630 g/mol. The molecule has 0 radical (unpaired) electrons. The van der Waals surface area contributed by atoms with Crippen molar-refractivity contribution in [2.24, 2.45) is 0 Å². The van der Waals surface area contributed by atoms with Crippen molar-refractivity contribution < 1.29 is 23.5 Å². The number of nitrogens with one attached hydrogen (secondary N) is 2. The predicted octanol–water partition coefficient (Wildman–Crippen LogP) is 6.43. The van der Waals surface area contributed by atoms with Gasteiger partial charge in [0.2, 0.25) is 5.91 Å². The Hall–Kier alpha value is -4.15. The summed E-state index contributed by atoms with van der Waals surface area (Å²) in [6.45, 7) is 0.359. The van der Waals surface area contributed by atoms with Crippen LogP contribution in [0.4, 0.5) is 15.8 Å². The van der Waals surface area contributed by atoms with Crippen LogP contribution in [0.5, 0.6) is 5.75 Å². The van der Waals surface area contributed by atoms with Crippen molar-refractivity contribution in [1.29, 1.82) is 0 Å². The lowest BCUT2D eigenvalue weighted by molar-refractivity contribution is -0.128. The summed E-state index contributed by atoms with van der Waals surface area (Å²) in [5.41, 5.74) is 9.31. The molecule has 2 fully saturated rings. The summed E-state index contributed by atoms with van der Waals surface area (Å²) in [6, 6.07) is 22.1. The maximum absolute atomic E-state index is 16.2. The molecule has 7 rings (SSSR count). The molecule has 46 heavy (non-hydrogen) atoms. The van der Waals surface area contributed by atoms with Crippen molar-refractivity contribution in [2.45, 2.75) is 42.5 Å². The molecule has 1 amide bonds. The maximum atomic E-state index is 16.2. The Morgan fingerprint density at radius 2 is 1.85 bits per heavy atom. The lowest BCUT2D eigenvalue weighted by Gasteiger charge is -2.41. The molecule has 1 unspecified atom stereocenters. The molecule has 0 aliphatic carbocycles. The van der Waals surface area contributed by atoms with Crippen LogP contribution in [0, 0.1) is 5.82 Å². The van der Waals surface area contributed by atoms with Gasteiger partial charge < -0.3 is 25.8 Å². The molecule has 8 nitrogen and oxygen atoms in total. The number of ether oxygens (including phenoxy) is 2. The van der Waals surface area contributed by atoms with E-state index >= 15 is 4.39 Å². The van der Waals surface area contributed by atoms with Crippen LogP contribution in [0.15, 0.2) is 78.9 Å². The number of rotatable bonds is 6. The SMILES string of the molecule is COC(=O)c1ccc(C2C[C@H]3[C@@H](N2)[C@H](c2cccc(Cl)c2F)[C@]2(C(=O)Nc4cc(Cl)ccc42)N3Cc2cccc(OC)c2)c(N)c1. The fraction of sp³-hybridized carbons (Fsp3) is 0.257. The molecule has 4 aromatic carbocycles. The number of nitrogens with two attached hydrogens (primary N) is 1. The number of hydrogen-bond acceptors (Lipinski definition) is 7. The lowest BCUT2D eigenvalue weighted by atomic mass is 9.73. The molecule has 1 spiro atoms. The normalized spacial score (nSPS) is 24.9. The highest BCUT2D eigenvalue weighted by Gasteiger charge is 2.68. The first-order chi connectivity index (χ1) is 22.2. The van der Waals surface area contributed by atoms with Gasteiger partial charge in [-0.25, -0.2) is 9.18 Å². The Morgan fingerprint density at radius 1 is 1.04 bits per heavy atom. The van der Waals surface area contributed by atoms with Gasteiger partial charge in [0, 0.05) is 52.5 Å². The average molecular weight is 662 g/mol. The summed E-state index contributed by atoms with van der Waals surface area (Å²) in [4.78, 5) is 28.9. The second-order valence-electron chi connectivity index (χ2n) is 11.9. The highest BCUT2D eigenvalue weighted by Crippen LogP contribution is 2.61. The highest BCUT2D eigenvalue weighted by molar-refractivity contribution is 6.31. The van der Waals surface area contributed by atoms with Crippen LogP contribution in [0.2, 0.25) is 10.0 Å². The molecule has 4 aromatic rings. The van der Waals surface area contributed by atoms with Crippen LogP contribution in [-0.4, -0.2) is 43.1 Å². The van der Waals surface area contributed by atoms with Crippen molar-refractivity contribution in [3.63, 3.8) is 0 Å². The first-order valence-corrected chi connectivity index (χ1v) is 15.6. The first-order valence-electron chi connectivity index (χ1n) is 14.9. The van der Waals surface area contributed by atoms with Gasteiger partial charge in [-0.1, -0.05) is 59.6 Å². The number of halogens is 3. The van der Waals surface area contributed by atoms with E-state index in [1.165, 1.54) is 13.2 Å². The van der Waals surface area contributed by atoms with Crippen molar-refractivity contribution >= 4 is 46.5 Å². The Labute approximate surface area is 275 Å². The number of fused-ring (bicyclic) bond motifs is 3. The van der Waals surface area contributed by atoms with E-state index in [0.717, 1.165) is 11.1 Å². The fourth-order valence-electron chi connectivity index (χ4n) is 7.77.